The number of carbonyl (C=O) groups excluding carboxylic acids is 2. The quantitative estimate of drug-likeness (QED) is 0.701. The number of esters is 1. The standard InChI is InChI=1S/C11H15F2NO3/c1-4-7(9(14)15)8-5(2)17-10(16)6(8)3-11(4,12)13/h4-8H,3H2,1-2H3,(H2,14,15)/t4-,5+,6+,7-,8+/m0/s1. The molecule has 4 nitrogen and oxygen atoms in total. The summed E-state index contributed by atoms with van der Waals surface area (Å²) < 4.78 is 32.4. The number of halogens is 2. The second kappa shape index (κ2) is 3.65. The molecule has 2 rings (SSSR count). The Hall–Kier alpha value is -1.20. The van der Waals surface area contributed by atoms with Crippen molar-refractivity contribution in [3.63, 3.8) is 0 Å². The van der Waals surface area contributed by atoms with Gasteiger partial charge in [0.2, 0.25) is 5.91 Å². The fourth-order valence-corrected chi connectivity index (χ4v) is 3.11. The average Bonchev–Trinajstić information content (AvgIpc) is 2.43. The molecule has 96 valence electrons. The predicted molar refractivity (Wildman–Crippen MR) is 53.9 cm³/mol. The second-order valence-electron chi connectivity index (χ2n) is 5.01. The van der Waals surface area contributed by atoms with Gasteiger partial charge in [-0.1, -0.05) is 6.92 Å². The van der Waals surface area contributed by atoms with Crippen LogP contribution in [0, 0.1) is 23.7 Å². The van der Waals surface area contributed by atoms with Crippen LogP contribution in [0.15, 0.2) is 0 Å². The van der Waals surface area contributed by atoms with E-state index in [0.29, 0.717) is 0 Å². The summed E-state index contributed by atoms with van der Waals surface area (Å²) in [6, 6.07) is 0. The van der Waals surface area contributed by atoms with Crippen LogP contribution in [0.1, 0.15) is 20.3 Å². The molecule has 2 aliphatic rings. The van der Waals surface area contributed by atoms with Gasteiger partial charge in [-0.25, -0.2) is 8.78 Å². The van der Waals surface area contributed by atoms with Crippen LogP contribution in [0.25, 0.3) is 0 Å². The van der Waals surface area contributed by atoms with Gasteiger partial charge in [0.25, 0.3) is 5.92 Å². The maximum absolute atomic E-state index is 13.7. The number of hydrogen-bond donors (Lipinski definition) is 1. The molecular weight excluding hydrogens is 232 g/mol. The van der Waals surface area contributed by atoms with Crippen LogP contribution in [0.2, 0.25) is 0 Å². The Balaban J connectivity index is 2.40. The average molecular weight is 247 g/mol. The molecule has 1 saturated heterocycles. The number of nitrogens with two attached hydrogens (primary N) is 1. The minimum Gasteiger partial charge on any atom is -0.462 e. The first kappa shape index (κ1) is 12.3. The first-order valence-electron chi connectivity index (χ1n) is 5.63. The number of cyclic esters (lactones) is 1. The highest BCUT2D eigenvalue weighted by Crippen LogP contribution is 2.52. The Bertz CT molecular complexity index is 372. The van der Waals surface area contributed by atoms with E-state index in [9.17, 15) is 18.4 Å². The summed E-state index contributed by atoms with van der Waals surface area (Å²) in [6.07, 6.45) is -1.07. The molecule has 1 saturated carbocycles. The zero-order valence-corrected chi connectivity index (χ0v) is 9.65. The van der Waals surface area contributed by atoms with Gasteiger partial charge in [-0.15, -0.1) is 0 Å². The molecule has 1 amide bonds. The number of alkyl halides is 2. The first-order chi connectivity index (χ1) is 7.75. The Morgan fingerprint density at radius 3 is 2.59 bits per heavy atom. The molecule has 1 aliphatic carbocycles. The molecule has 1 heterocycles. The minimum absolute atomic E-state index is 0.519. The van der Waals surface area contributed by atoms with Crippen molar-refractivity contribution in [3.05, 3.63) is 0 Å². The van der Waals surface area contributed by atoms with Gasteiger partial charge in [0, 0.05) is 18.3 Å². The number of rotatable bonds is 1. The van der Waals surface area contributed by atoms with E-state index in [4.69, 9.17) is 10.5 Å². The summed E-state index contributed by atoms with van der Waals surface area (Å²) >= 11 is 0. The van der Waals surface area contributed by atoms with Gasteiger partial charge >= 0.3 is 5.97 Å². The van der Waals surface area contributed by atoms with Crippen LogP contribution < -0.4 is 5.73 Å². The highest BCUT2D eigenvalue weighted by molar-refractivity contribution is 5.82. The van der Waals surface area contributed by atoms with Gasteiger partial charge in [-0.05, 0) is 6.92 Å². The molecule has 0 unspecified atom stereocenters. The summed E-state index contributed by atoms with van der Waals surface area (Å²) in [7, 11) is 0. The molecule has 0 aromatic carbocycles. The van der Waals surface area contributed by atoms with Crippen LogP contribution in [-0.2, 0) is 14.3 Å². The van der Waals surface area contributed by atoms with Crippen molar-refractivity contribution in [2.24, 2.45) is 29.4 Å². The number of carbonyl (C=O) groups is 2. The molecule has 0 radical (unpaired) electrons. The molecule has 0 bridgehead atoms. The van der Waals surface area contributed by atoms with Crippen LogP contribution >= 0.6 is 0 Å². The summed E-state index contributed by atoms with van der Waals surface area (Å²) in [4.78, 5) is 22.8. The topological polar surface area (TPSA) is 69.4 Å². The number of amides is 1. The molecule has 0 aromatic heterocycles. The maximum Gasteiger partial charge on any atom is 0.309 e. The molecule has 0 spiro atoms. The monoisotopic (exact) mass is 247 g/mol. The lowest BCUT2D eigenvalue weighted by molar-refractivity contribution is -0.160. The molecule has 5 atom stereocenters. The predicted octanol–water partition coefficient (Wildman–Crippen LogP) is 0.941. The summed E-state index contributed by atoms with van der Waals surface area (Å²) in [5, 5.41) is 0. The van der Waals surface area contributed by atoms with E-state index in [1.54, 1.807) is 6.92 Å². The molecule has 2 N–H and O–H groups in total. The number of ether oxygens (including phenoxy) is 1. The van der Waals surface area contributed by atoms with E-state index in [-0.39, 0.29) is 0 Å². The van der Waals surface area contributed by atoms with Gasteiger partial charge in [-0.3, -0.25) is 9.59 Å². The van der Waals surface area contributed by atoms with Gasteiger partial charge in [-0.2, -0.15) is 0 Å². The third kappa shape index (κ3) is 1.70. The van der Waals surface area contributed by atoms with Crippen molar-refractivity contribution in [1.29, 1.82) is 0 Å². The van der Waals surface area contributed by atoms with E-state index < -0.39 is 54.0 Å². The van der Waals surface area contributed by atoms with Crippen LogP contribution in [0.4, 0.5) is 8.78 Å². The zero-order chi connectivity index (χ0) is 13.0. The Labute approximate surface area is 97.5 Å². The third-order valence-corrected chi connectivity index (χ3v) is 4.05. The van der Waals surface area contributed by atoms with E-state index >= 15 is 0 Å². The van der Waals surface area contributed by atoms with Crippen molar-refractivity contribution >= 4 is 11.9 Å². The highest BCUT2D eigenvalue weighted by atomic mass is 19.3. The Morgan fingerprint density at radius 2 is 2.06 bits per heavy atom. The lowest BCUT2D eigenvalue weighted by Gasteiger charge is -2.40. The van der Waals surface area contributed by atoms with Crippen molar-refractivity contribution in [2.75, 3.05) is 0 Å². The largest absolute Gasteiger partial charge is 0.462 e. The fraction of sp³-hybridized carbons (Fsp3) is 0.818. The highest BCUT2D eigenvalue weighted by Gasteiger charge is 2.61. The number of primary amides is 1. The molecule has 0 aromatic rings. The SMILES string of the molecule is C[C@H]1OC(=O)[C@@H]2CC(F)(F)[C@@H](C)[C@H](C(N)=O)[C@H]12. The fourth-order valence-electron chi connectivity index (χ4n) is 3.11. The van der Waals surface area contributed by atoms with Crippen molar-refractivity contribution < 1.29 is 23.1 Å². The third-order valence-electron chi connectivity index (χ3n) is 4.05. The minimum atomic E-state index is -3.05. The maximum atomic E-state index is 13.7. The van der Waals surface area contributed by atoms with Crippen molar-refractivity contribution in [3.8, 4) is 0 Å². The van der Waals surface area contributed by atoms with E-state index in [2.05, 4.69) is 0 Å². The molecule has 1 aliphatic heterocycles. The van der Waals surface area contributed by atoms with Crippen LogP contribution in [0.5, 0.6) is 0 Å². The lowest BCUT2D eigenvalue weighted by atomic mass is 9.64. The summed E-state index contributed by atoms with van der Waals surface area (Å²) in [5.41, 5.74) is 5.20. The molecule has 6 heteroatoms. The van der Waals surface area contributed by atoms with Gasteiger partial charge in [0.05, 0.1) is 11.8 Å². The number of fused-ring (bicyclic) bond motifs is 1. The van der Waals surface area contributed by atoms with Crippen LogP contribution in [0.3, 0.4) is 0 Å². The first-order valence-corrected chi connectivity index (χ1v) is 5.63. The van der Waals surface area contributed by atoms with E-state index in [1.807, 2.05) is 0 Å². The number of hydrogen-bond acceptors (Lipinski definition) is 3. The molecular formula is C11H15F2NO3. The van der Waals surface area contributed by atoms with Crippen LogP contribution in [-0.4, -0.2) is 23.9 Å². The Kier molecular flexibility index (Phi) is 2.63. The lowest BCUT2D eigenvalue weighted by Crippen LogP contribution is -2.52. The second-order valence-corrected chi connectivity index (χ2v) is 5.01. The van der Waals surface area contributed by atoms with Gasteiger partial charge in [0.1, 0.15) is 6.10 Å². The van der Waals surface area contributed by atoms with Crippen molar-refractivity contribution in [1.82, 2.24) is 0 Å². The van der Waals surface area contributed by atoms with Gasteiger partial charge < -0.3 is 10.5 Å². The van der Waals surface area contributed by atoms with Gasteiger partial charge in [0.15, 0.2) is 0 Å². The Morgan fingerprint density at radius 1 is 1.47 bits per heavy atom. The van der Waals surface area contributed by atoms with Crippen molar-refractivity contribution in [2.45, 2.75) is 32.3 Å². The molecule has 17 heavy (non-hydrogen) atoms. The molecule has 2 fully saturated rings. The zero-order valence-electron chi connectivity index (χ0n) is 9.65. The summed E-state index contributed by atoms with van der Waals surface area (Å²) in [5.74, 6) is -8.06. The van der Waals surface area contributed by atoms with E-state index in [0.717, 1.165) is 0 Å². The smallest absolute Gasteiger partial charge is 0.309 e. The van der Waals surface area contributed by atoms with E-state index in [1.165, 1.54) is 6.92 Å². The normalized spacial score (nSPS) is 44.0. The summed E-state index contributed by atoms with van der Waals surface area (Å²) in [6.45, 7) is 2.93.